The molecule has 0 unspecified atom stereocenters. The minimum Gasteiger partial charge on any atom is -0.367 e. The summed E-state index contributed by atoms with van der Waals surface area (Å²) < 4.78 is 4.96. The van der Waals surface area contributed by atoms with Gasteiger partial charge in [-0.3, -0.25) is 9.59 Å². The predicted molar refractivity (Wildman–Crippen MR) is 95.5 cm³/mol. The molecule has 0 atom stereocenters. The summed E-state index contributed by atoms with van der Waals surface area (Å²) in [6.45, 7) is 1.44. The SMILES string of the molecule is CC(=O)N(C)c1ccccc1NC(=O)c1c(-c2nccs2)noc1N. The fourth-order valence-corrected chi connectivity index (χ4v) is 2.86. The van der Waals surface area contributed by atoms with Gasteiger partial charge in [0.05, 0.1) is 11.4 Å². The van der Waals surface area contributed by atoms with Gasteiger partial charge in [0, 0.05) is 25.5 Å². The molecule has 0 spiro atoms. The molecule has 0 aliphatic heterocycles. The number of nitrogens with zero attached hydrogens (tertiary/aromatic N) is 3. The van der Waals surface area contributed by atoms with E-state index >= 15 is 0 Å². The minimum absolute atomic E-state index is 0.0971. The highest BCUT2D eigenvalue weighted by Gasteiger charge is 2.25. The zero-order valence-corrected chi connectivity index (χ0v) is 14.3. The van der Waals surface area contributed by atoms with E-state index in [2.05, 4.69) is 15.5 Å². The number of nitrogens with two attached hydrogens (primary N) is 1. The van der Waals surface area contributed by atoms with Crippen LogP contribution in [0, 0.1) is 0 Å². The van der Waals surface area contributed by atoms with E-state index in [0.29, 0.717) is 16.4 Å². The molecule has 0 fully saturated rings. The molecule has 0 saturated carbocycles. The van der Waals surface area contributed by atoms with Gasteiger partial charge >= 0.3 is 0 Å². The van der Waals surface area contributed by atoms with Gasteiger partial charge in [0.1, 0.15) is 10.6 Å². The van der Waals surface area contributed by atoms with E-state index in [0.717, 1.165) is 0 Å². The smallest absolute Gasteiger partial charge is 0.263 e. The highest BCUT2D eigenvalue weighted by molar-refractivity contribution is 7.13. The zero-order valence-electron chi connectivity index (χ0n) is 13.5. The number of amides is 2. The van der Waals surface area contributed by atoms with E-state index in [-0.39, 0.29) is 23.0 Å². The van der Waals surface area contributed by atoms with Crippen molar-refractivity contribution >= 4 is 40.4 Å². The molecule has 9 heteroatoms. The number of hydrogen-bond acceptors (Lipinski definition) is 7. The first kappa shape index (κ1) is 16.7. The van der Waals surface area contributed by atoms with Gasteiger partial charge in [-0.25, -0.2) is 4.98 Å². The first-order valence-corrected chi connectivity index (χ1v) is 8.16. The second-order valence-corrected chi connectivity index (χ2v) is 6.05. The van der Waals surface area contributed by atoms with Crippen LogP contribution in [0.2, 0.25) is 0 Å². The lowest BCUT2D eigenvalue weighted by Gasteiger charge is -2.19. The number of nitrogens with one attached hydrogen (secondary N) is 1. The summed E-state index contributed by atoms with van der Waals surface area (Å²) in [5, 5.41) is 8.88. The lowest BCUT2D eigenvalue weighted by Crippen LogP contribution is -2.25. The van der Waals surface area contributed by atoms with Crippen LogP contribution in [0.5, 0.6) is 0 Å². The molecule has 3 aromatic rings. The number of hydrogen-bond donors (Lipinski definition) is 2. The van der Waals surface area contributed by atoms with Gasteiger partial charge in [0.15, 0.2) is 5.69 Å². The van der Waals surface area contributed by atoms with E-state index in [9.17, 15) is 9.59 Å². The van der Waals surface area contributed by atoms with Crippen LogP contribution in [0.4, 0.5) is 17.3 Å². The Balaban J connectivity index is 1.95. The average molecular weight is 357 g/mol. The molecule has 0 saturated heterocycles. The molecule has 0 radical (unpaired) electrons. The van der Waals surface area contributed by atoms with Crippen molar-refractivity contribution < 1.29 is 14.1 Å². The molecule has 0 bridgehead atoms. The number of anilines is 3. The summed E-state index contributed by atoms with van der Waals surface area (Å²) in [6.07, 6.45) is 1.60. The summed E-state index contributed by atoms with van der Waals surface area (Å²) in [4.78, 5) is 29.9. The van der Waals surface area contributed by atoms with Crippen molar-refractivity contribution in [1.82, 2.24) is 10.1 Å². The fourth-order valence-electron chi connectivity index (χ4n) is 2.23. The van der Waals surface area contributed by atoms with Crippen molar-refractivity contribution in [1.29, 1.82) is 0 Å². The molecular formula is C16H15N5O3S. The Morgan fingerprint density at radius 3 is 2.76 bits per heavy atom. The molecule has 8 nitrogen and oxygen atoms in total. The lowest BCUT2D eigenvalue weighted by atomic mass is 10.2. The highest BCUT2D eigenvalue weighted by Crippen LogP contribution is 2.31. The topological polar surface area (TPSA) is 114 Å². The standard InChI is InChI=1S/C16H15N5O3S/c1-9(22)21(2)11-6-4-3-5-10(11)19-15(23)12-13(20-24-14(12)17)16-18-7-8-25-16/h3-8H,17H2,1-2H3,(H,19,23). The van der Waals surface area contributed by atoms with Crippen LogP contribution < -0.4 is 16.0 Å². The Kier molecular flexibility index (Phi) is 4.48. The van der Waals surface area contributed by atoms with E-state index in [1.165, 1.54) is 23.2 Å². The molecule has 0 aliphatic carbocycles. The third-order valence-corrected chi connectivity index (χ3v) is 4.35. The predicted octanol–water partition coefficient (Wildman–Crippen LogP) is 2.62. The van der Waals surface area contributed by atoms with Gasteiger partial charge in [-0.15, -0.1) is 11.3 Å². The lowest BCUT2D eigenvalue weighted by molar-refractivity contribution is -0.116. The molecule has 2 amide bonds. The third kappa shape index (κ3) is 3.22. The van der Waals surface area contributed by atoms with Crippen LogP contribution in [0.15, 0.2) is 40.4 Å². The van der Waals surface area contributed by atoms with E-state index in [4.69, 9.17) is 10.3 Å². The number of thiazole rings is 1. The maximum Gasteiger partial charge on any atom is 0.263 e. The molecule has 128 valence electrons. The number of benzene rings is 1. The van der Waals surface area contributed by atoms with Crippen molar-refractivity contribution in [3.05, 3.63) is 41.4 Å². The summed E-state index contributed by atoms with van der Waals surface area (Å²) in [5.74, 6) is -0.747. The maximum atomic E-state index is 12.7. The van der Waals surface area contributed by atoms with E-state index in [1.54, 1.807) is 42.9 Å². The normalized spacial score (nSPS) is 10.5. The number of aromatic nitrogens is 2. The van der Waals surface area contributed by atoms with Gasteiger partial charge in [0.2, 0.25) is 11.8 Å². The minimum atomic E-state index is -0.492. The van der Waals surface area contributed by atoms with Gasteiger partial charge in [-0.2, -0.15) is 0 Å². The zero-order chi connectivity index (χ0) is 18.0. The van der Waals surface area contributed by atoms with E-state index in [1.807, 2.05) is 0 Å². The Morgan fingerprint density at radius 1 is 1.32 bits per heavy atom. The monoisotopic (exact) mass is 357 g/mol. The number of rotatable bonds is 4. The number of carbonyl (C=O) groups is 2. The first-order chi connectivity index (χ1) is 12.0. The van der Waals surface area contributed by atoms with Gasteiger partial charge in [-0.1, -0.05) is 17.3 Å². The first-order valence-electron chi connectivity index (χ1n) is 7.28. The summed E-state index contributed by atoms with van der Waals surface area (Å²) in [5.41, 5.74) is 7.19. The van der Waals surface area contributed by atoms with Crippen LogP contribution in [0.1, 0.15) is 17.3 Å². The molecule has 1 aromatic carbocycles. The fraction of sp³-hybridized carbons (Fsp3) is 0.125. The largest absolute Gasteiger partial charge is 0.367 e. The molecule has 0 aliphatic rings. The van der Waals surface area contributed by atoms with Crippen LogP contribution in [-0.4, -0.2) is 29.0 Å². The van der Waals surface area contributed by atoms with Crippen molar-refractivity contribution in [3.63, 3.8) is 0 Å². The molecule has 25 heavy (non-hydrogen) atoms. The Labute approximate surface area is 147 Å². The van der Waals surface area contributed by atoms with Crippen molar-refractivity contribution in [2.24, 2.45) is 0 Å². The molecule has 2 aromatic heterocycles. The highest BCUT2D eigenvalue weighted by atomic mass is 32.1. The summed E-state index contributed by atoms with van der Waals surface area (Å²) in [6, 6.07) is 6.96. The molecule has 3 rings (SSSR count). The van der Waals surface area contributed by atoms with Gasteiger partial charge in [0.25, 0.3) is 5.91 Å². The van der Waals surface area contributed by atoms with Gasteiger partial charge in [-0.05, 0) is 12.1 Å². The number of nitrogen functional groups attached to an aromatic ring is 1. The quantitative estimate of drug-likeness (QED) is 0.742. The Bertz CT molecular complexity index is 920. The second kappa shape index (κ2) is 6.73. The van der Waals surface area contributed by atoms with Crippen LogP contribution in [0.25, 0.3) is 10.7 Å². The van der Waals surface area contributed by atoms with Gasteiger partial charge < -0.3 is 20.5 Å². The van der Waals surface area contributed by atoms with Crippen molar-refractivity contribution in [2.75, 3.05) is 23.0 Å². The second-order valence-electron chi connectivity index (χ2n) is 5.16. The van der Waals surface area contributed by atoms with Crippen LogP contribution in [-0.2, 0) is 4.79 Å². The third-order valence-electron chi connectivity index (χ3n) is 3.57. The van der Waals surface area contributed by atoms with Crippen molar-refractivity contribution in [3.8, 4) is 10.7 Å². The maximum absolute atomic E-state index is 12.7. The average Bonchev–Trinajstić information content (AvgIpc) is 3.23. The summed E-state index contributed by atoms with van der Waals surface area (Å²) in [7, 11) is 1.63. The molecule has 3 N–H and O–H groups in total. The molecule has 2 heterocycles. The number of carbonyl (C=O) groups excluding carboxylic acids is 2. The van der Waals surface area contributed by atoms with E-state index < -0.39 is 5.91 Å². The molecular weight excluding hydrogens is 342 g/mol. The van der Waals surface area contributed by atoms with Crippen LogP contribution in [0.3, 0.4) is 0 Å². The number of para-hydroxylation sites is 2. The Morgan fingerprint density at radius 2 is 2.08 bits per heavy atom. The summed E-state index contributed by atoms with van der Waals surface area (Å²) >= 11 is 1.32. The van der Waals surface area contributed by atoms with Crippen LogP contribution >= 0.6 is 11.3 Å². The Hall–Kier alpha value is -3.20. The van der Waals surface area contributed by atoms with Crippen molar-refractivity contribution in [2.45, 2.75) is 6.92 Å².